The Morgan fingerprint density at radius 3 is 2.82 bits per heavy atom. The predicted molar refractivity (Wildman–Crippen MR) is 47.6 cm³/mol. The third-order valence-electron chi connectivity index (χ3n) is 1.36. The first-order chi connectivity index (χ1) is 5.20. The van der Waals surface area contributed by atoms with Gasteiger partial charge in [-0.15, -0.1) is 0 Å². The first-order valence-electron chi connectivity index (χ1n) is 3.68. The van der Waals surface area contributed by atoms with E-state index in [4.69, 9.17) is 5.26 Å². The number of rotatable bonds is 3. The Morgan fingerprint density at radius 2 is 2.36 bits per heavy atom. The molecule has 0 bridgehead atoms. The molecule has 2 heteroatoms. The molecule has 0 aliphatic rings. The molecule has 0 aliphatic heterocycles. The van der Waals surface area contributed by atoms with Crippen LogP contribution in [0, 0.1) is 17.2 Å². The highest BCUT2D eigenvalue weighted by atomic mass is 14.6. The summed E-state index contributed by atoms with van der Waals surface area (Å²) in [6.07, 6.45) is 4.52. The molecule has 0 saturated heterocycles. The Bertz CT molecular complexity index is 196. The van der Waals surface area contributed by atoms with E-state index in [1.54, 1.807) is 13.3 Å². The zero-order valence-electron chi connectivity index (χ0n) is 7.33. The van der Waals surface area contributed by atoms with E-state index in [2.05, 4.69) is 11.1 Å². The van der Waals surface area contributed by atoms with Crippen LogP contribution in [-0.4, -0.2) is 13.3 Å². The second-order valence-electron chi connectivity index (χ2n) is 2.65. The van der Waals surface area contributed by atoms with Crippen molar-refractivity contribution in [2.75, 3.05) is 7.05 Å². The van der Waals surface area contributed by atoms with Crippen LogP contribution >= 0.6 is 0 Å². The van der Waals surface area contributed by atoms with Gasteiger partial charge in [0.25, 0.3) is 0 Å². The summed E-state index contributed by atoms with van der Waals surface area (Å²) in [6.45, 7) is 3.93. The molecule has 0 N–H and O–H groups in total. The van der Waals surface area contributed by atoms with Gasteiger partial charge in [0.15, 0.2) is 0 Å². The van der Waals surface area contributed by atoms with Gasteiger partial charge in [-0.1, -0.05) is 5.57 Å². The zero-order chi connectivity index (χ0) is 8.69. The summed E-state index contributed by atoms with van der Waals surface area (Å²) in [6, 6.07) is 2.19. The minimum absolute atomic E-state index is 0.108. The van der Waals surface area contributed by atoms with Crippen LogP contribution in [0.5, 0.6) is 0 Å². The van der Waals surface area contributed by atoms with Crippen molar-refractivity contribution in [2.45, 2.75) is 20.3 Å². The van der Waals surface area contributed by atoms with Crippen molar-refractivity contribution < 1.29 is 0 Å². The maximum atomic E-state index is 8.50. The van der Waals surface area contributed by atoms with Gasteiger partial charge in [0, 0.05) is 19.2 Å². The second kappa shape index (κ2) is 5.67. The normalized spacial score (nSPS) is 14.9. The summed E-state index contributed by atoms with van der Waals surface area (Å²) < 4.78 is 0. The fourth-order valence-electron chi connectivity index (χ4n) is 0.798. The summed E-state index contributed by atoms with van der Waals surface area (Å²) in [7, 11) is 1.73. The lowest BCUT2D eigenvalue weighted by Gasteiger charge is -1.99. The monoisotopic (exact) mass is 150 g/mol. The molecule has 1 atom stereocenters. The molecule has 11 heavy (non-hydrogen) atoms. The maximum absolute atomic E-state index is 8.50. The average Bonchev–Trinajstić information content (AvgIpc) is 2.00. The van der Waals surface area contributed by atoms with Crippen LogP contribution < -0.4 is 0 Å². The van der Waals surface area contributed by atoms with Crippen molar-refractivity contribution in [3.8, 4) is 6.07 Å². The first-order valence-corrected chi connectivity index (χ1v) is 3.68. The molecule has 0 amide bonds. The second-order valence-corrected chi connectivity index (χ2v) is 2.65. The molecule has 0 spiro atoms. The lowest BCUT2D eigenvalue weighted by Crippen LogP contribution is -1.90. The topological polar surface area (TPSA) is 36.1 Å². The number of allylic oxidation sites excluding steroid dienone is 2. The Balaban J connectivity index is 3.87. The summed E-state index contributed by atoms with van der Waals surface area (Å²) in [4.78, 5) is 3.82. The summed E-state index contributed by atoms with van der Waals surface area (Å²) in [5.74, 6) is 0.108. The van der Waals surface area contributed by atoms with Gasteiger partial charge in [-0.05, 0) is 26.3 Å². The molecular formula is C9H14N2. The Hall–Kier alpha value is -1.10. The van der Waals surface area contributed by atoms with E-state index in [1.165, 1.54) is 5.57 Å². The number of hydrogen-bond acceptors (Lipinski definition) is 2. The van der Waals surface area contributed by atoms with Crippen molar-refractivity contribution >= 4 is 6.21 Å². The van der Waals surface area contributed by atoms with E-state index in [1.807, 2.05) is 19.9 Å². The van der Waals surface area contributed by atoms with Gasteiger partial charge < -0.3 is 0 Å². The Labute approximate surface area is 68.3 Å². The van der Waals surface area contributed by atoms with E-state index >= 15 is 0 Å². The van der Waals surface area contributed by atoms with Crippen LogP contribution in [0.15, 0.2) is 16.6 Å². The quantitative estimate of drug-likeness (QED) is 0.568. The fraction of sp³-hybridized carbons (Fsp3) is 0.556. The van der Waals surface area contributed by atoms with Gasteiger partial charge in [0.2, 0.25) is 0 Å². The standard InChI is InChI=1S/C9H14N2/c1-8(4-5-11-3)6-9(2)7-10/h4-5,9H,6H2,1-3H3/b8-4-,11-5?. The highest BCUT2D eigenvalue weighted by molar-refractivity contribution is 5.71. The SMILES string of the molecule is CN=C/C=C(/C)CC(C)C#N. The highest BCUT2D eigenvalue weighted by Gasteiger charge is 1.98. The molecule has 0 aromatic carbocycles. The third-order valence-corrected chi connectivity index (χ3v) is 1.36. The van der Waals surface area contributed by atoms with Crippen LogP contribution in [0.25, 0.3) is 0 Å². The summed E-state index contributed by atoms with van der Waals surface area (Å²) >= 11 is 0. The Kier molecular flexibility index (Phi) is 5.10. The molecule has 0 saturated carbocycles. The van der Waals surface area contributed by atoms with Crippen molar-refractivity contribution in [3.63, 3.8) is 0 Å². The lowest BCUT2D eigenvalue weighted by atomic mass is 10.0. The highest BCUT2D eigenvalue weighted by Crippen LogP contribution is 2.08. The summed E-state index contributed by atoms with van der Waals surface area (Å²) in [5.41, 5.74) is 1.20. The van der Waals surface area contributed by atoms with Crippen LogP contribution in [-0.2, 0) is 0 Å². The number of nitriles is 1. The van der Waals surface area contributed by atoms with E-state index in [-0.39, 0.29) is 5.92 Å². The predicted octanol–water partition coefficient (Wildman–Crippen LogP) is 2.18. The molecule has 0 fully saturated rings. The average molecular weight is 150 g/mol. The molecule has 0 aromatic heterocycles. The van der Waals surface area contributed by atoms with E-state index in [0.29, 0.717) is 0 Å². The molecule has 0 radical (unpaired) electrons. The lowest BCUT2D eigenvalue weighted by molar-refractivity contribution is 0.732. The van der Waals surface area contributed by atoms with E-state index in [9.17, 15) is 0 Å². The van der Waals surface area contributed by atoms with Crippen molar-refractivity contribution in [2.24, 2.45) is 10.9 Å². The largest absolute Gasteiger partial charge is 0.297 e. The minimum atomic E-state index is 0.108. The number of nitrogens with zero attached hydrogens (tertiary/aromatic N) is 2. The molecular weight excluding hydrogens is 136 g/mol. The molecule has 0 rings (SSSR count). The molecule has 1 unspecified atom stereocenters. The van der Waals surface area contributed by atoms with E-state index < -0.39 is 0 Å². The number of hydrogen-bond donors (Lipinski definition) is 0. The third kappa shape index (κ3) is 5.35. The van der Waals surface area contributed by atoms with Gasteiger partial charge in [0.05, 0.1) is 6.07 Å². The van der Waals surface area contributed by atoms with Gasteiger partial charge >= 0.3 is 0 Å². The fourth-order valence-corrected chi connectivity index (χ4v) is 0.798. The molecule has 60 valence electrons. The van der Waals surface area contributed by atoms with Gasteiger partial charge in [-0.3, -0.25) is 4.99 Å². The van der Waals surface area contributed by atoms with Crippen LogP contribution in [0.2, 0.25) is 0 Å². The molecule has 0 aromatic rings. The van der Waals surface area contributed by atoms with Crippen LogP contribution in [0.3, 0.4) is 0 Å². The smallest absolute Gasteiger partial charge is 0.0656 e. The molecule has 0 aliphatic carbocycles. The molecule has 0 heterocycles. The van der Waals surface area contributed by atoms with Gasteiger partial charge in [-0.25, -0.2) is 0 Å². The van der Waals surface area contributed by atoms with E-state index in [0.717, 1.165) is 6.42 Å². The van der Waals surface area contributed by atoms with Crippen LogP contribution in [0.1, 0.15) is 20.3 Å². The van der Waals surface area contributed by atoms with Crippen molar-refractivity contribution in [1.82, 2.24) is 0 Å². The van der Waals surface area contributed by atoms with Gasteiger partial charge in [-0.2, -0.15) is 5.26 Å². The minimum Gasteiger partial charge on any atom is -0.297 e. The Morgan fingerprint density at radius 1 is 1.73 bits per heavy atom. The molecule has 2 nitrogen and oxygen atoms in total. The van der Waals surface area contributed by atoms with Crippen molar-refractivity contribution in [3.05, 3.63) is 11.6 Å². The van der Waals surface area contributed by atoms with Gasteiger partial charge in [0.1, 0.15) is 0 Å². The zero-order valence-corrected chi connectivity index (χ0v) is 7.33. The van der Waals surface area contributed by atoms with Crippen molar-refractivity contribution in [1.29, 1.82) is 5.26 Å². The summed E-state index contributed by atoms with van der Waals surface area (Å²) in [5, 5.41) is 8.50. The maximum Gasteiger partial charge on any atom is 0.0656 e. The number of aliphatic imine (C=N–C) groups is 1. The van der Waals surface area contributed by atoms with Crippen LogP contribution in [0.4, 0.5) is 0 Å². The first kappa shape index (κ1) is 9.90.